The zero-order valence-electron chi connectivity index (χ0n) is 11.5. The smallest absolute Gasteiger partial charge is 0.170 e. The van der Waals surface area contributed by atoms with Crippen molar-refractivity contribution >= 4 is 0 Å². The highest BCUT2D eigenvalue weighted by Gasteiger charge is 2.11. The summed E-state index contributed by atoms with van der Waals surface area (Å²) in [5.74, 6) is 0.789. The summed E-state index contributed by atoms with van der Waals surface area (Å²) in [6, 6.07) is 8.34. The van der Waals surface area contributed by atoms with Crippen LogP contribution in [0.1, 0.15) is 25.2 Å². The van der Waals surface area contributed by atoms with Crippen LogP contribution in [0.3, 0.4) is 0 Å². The molecule has 0 bridgehead atoms. The first kappa shape index (κ1) is 13.6. The predicted octanol–water partition coefficient (Wildman–Crippen LogP) is 1.31. The maximum Gasteiger partial charge on any atom is 0.170 e. The number of nitrogens with zero attached hydrogens (tertiary/aromatic N) is 4. The van der Waals surface area contributed by atoms with Crippen molar-refractivity contribution < 1.29 is 4.74 Å². The van der Waals surface area contributed by atoms with Crippen molar-refractivity contribution in [1.29, 1.82) is 0 Å². The maximum absolute atomic E-state index is 5.21. The third-order valence-electron chi connectivity index (χ3n) is 2.72. The number of benzene rings is 1. The summed E-state index contributed by atoms with van der Waals surface area (Å²) in [6.45, 7) is 5.35. The standard InChI is InChI=1S/C13H19N5O/c1-10(2)14-8-13-15-16-17-18(13)12-7-5-4-6-11(12)9-19-3/h4-7,10,14H,8-9H2,1-3H3. The second-order valence-corrected chi connectivity index (χ2v) is 4.60. The van der Waals surface area contributed by atoms with E-state index in [4.69, 9.17) is 4.74 Å². The highest BCUT2D eigenvalue weighted by Crippen LogP contribution is 2.15. The Kier molecular flexibility index (Phi) is 4.59. The molecule has 1 aromatic carbocycles. The fourth-order valence-electron chi connectivity index (χ4n) is 1.79. The molecule has 2 aromatic rings. The van der Waals surface area contributed by atoms with Crippen LogP contribution in [0, 0.1) is 0 Å². The largest absolute Gasteiger partial charge is 0.380 e. The molecular formula is C13H19N5O. The van der Waals surface area contributed by atoms with E-state index in [2.05, 4.69) is 34.7 Å². The van der Waals surface area contributed by atoms with Crippen LogP contribution in [0.15, 0.2) is 24.3 Å². The average Bonchev–Trinajstić information content (AvgIpc) is 2.85. The SMILES string of the molecule is COCc1ccccc1-n1nnnc1CNC(C)C. The molecular weight excluding hydrogens is 242 g/mol. The van der Waals surface area contributed by atoms with Gasteiger partial charge in [0.25, 0.3) is 0 Å². The summed E-state index contributed by atoms with van der Waals surface area (Å²) in [6.07, 6.45) is 0. The fraction of sp³-hybridized carbons (Fsp3) is 0.462. The summed E-state index contributed by atoms with van der Waals surface area (Å²) in [5.41, 5.74) is 2.01. The Hall–Kier alpha value is -1.79. The second kappa shape index (κ2) is 6.40. The number of para-hydroxylation sites is 1. The molecule has 0 aliphatic heterocycles. The lowest BCUT2D eigenvalue weighted by molar-refractivity contribution is 0.184. The molecule has 102 valence electrons. The van der Waals surface area contributed by atoms with Crippen LogP contribution in [0.4, 0.5) is 0 Å². The van der Waals surface area contributed by atoms with E-state index >= 15 is 0 Å². The van der Waals surface area contributed by atoms with Gasteiger partial charge in [0.1, 0.15) is 0 Å². The molecule has 6 nitrogen and oxygen atoms in total. The van der Waals surface area contributed by atoms with Gasteiger partial charge in [-0.2, -0.15) is 4.68 Å². The van der Waals surface area contributed by atoms with Crippen molar-refractivity contribution in [3.05, 3.63) is 35.7 Å². The minimum Gasteiger partial charge on any atom is -0.380 e. The molecule has 1 aromatic heterocycles. The highest BCUT2D eigenvalue weighted by molar-refractivity contribution is 5.40. The van der Waals surface area contributed by atoms with Crippen molar-refractivity contribution in [3.8, 4) is 5.69 Å². The molecule has 0 aliphatic carbocycles. The first-order valence-corrected chi connectivity index (χ1v) is 6.30. The number of hydrogen-bond acceptors (Lipinski definition) is 5. The quantitative estimate of drug-likeness (QED) is 0.849. The van der Waals surface area contributed by atoms with Crippen molar-refractivity contribution in [2.75, 3.05) is 7.11 Å². The predicted molar refractivity (Wildman–Crippen MR) is 71.8 cm³/mol. The summed E-state index contributed by atoms with van der Waals surface area (Å²) >= 11 is 0. The third-order valence-corrected chi connectivity index (χ3v) is 2.72. The van der Waals surface area contributed by atoms with Crippen LogP contribution >= 0.6 is 0 Å². The van der Waals surface area contributed by atoms with E-state index in [0.29, 0.717) is 19.2 Å². The molecule has 0 aliphatic rings. The van der Waals surface area contributed by atoms with E-state index in [1.807, 2.05) is 24.3 Å². The number of rotatable bonds is 6. The minimum atomic E-state index is 0.388. The van der Waals surface area contributed by atoms with E-state index in [1.54, 1.807) is 11.8 Å². The van der Waals surface area contributed by atoms with Gasteiger partial charge in [-0.1, -0.05) is 32.0 Å². The van der Waals surface area contributed by atoms with E-state index in [1.165, 1.54) is 0 Å². The summed E-state index contributed by atoms with van der Waals surface area (Å²) in [5, 5.41) is 15.2. The molecule has 0 saturated heterocycles. The van der Waals surface area contributed by atoms with Gasteiger partial charge in [0, 0.05) is 18.7 Å². The number of ether oxygens (including phenoxy) is 1. The van der Waals surface area contributed by atoms with Crippen molar-refractivity contribution in [2.45, 2.75) is 33.0 Å². The van der Waals surface area contributed by atoms with Crippen molar-refractivity contribution in [3.63, 3.8) is 0 Å². The highest BCUT2D eigenvalue weighted by atomic mass is 16.5. The van der Waals surface area contributed by atoms with Gasteiger partial charge < -0.3 is 10.1 Å². The van der Waals surface area contributed by atoms with E-state index < -0.39 is 0 Å². The van der Waals surface area contributed by atoms with Gasteiger partial charge >= 0.3 is 0 Å². The molecule has 2 rings (SSSR count). The Balaban J connectivity index is 2.29. The lowest BCUT2D eigenvalue weighted by Gasteiger charge is -2.11. The van der Waals surface area contributed by atoms with Crippen molar-refractivity contribution in [2.24, 2.45) is 0 Å². The fourth-order valence-corrected chi connectivity index (χ4v) is 1.79. The molecule has 0 fully saturated rings. The zero-order valence-corrected chi connectivity index (χ0v) is 11.5. The van der Waals surface area contributed by atoms with E-state index in [9.17, 15) is 0 Å². The van der Waals surface area contributed by atoms with E-state index in [0.717, 1.165) is 17.1 Å². The van der Waals surface area contributed by atoms with Crippen molar-refractivity contribution in [1.82, 2.24) is 25.5 Å². The van der Waals surface area contributed by atoms with Crippen LogP contribution in [-0.4, -0.2) is 33.4 Å². The third kappa shape index (κ3) is 3.36. The minimum absolute atomic E-state index is 0.388. The molecule has 19 heavy (non-hydrogen) atoms. The number of nitrogens with one attached hydrogen (secondary N) is 1. The Bertz CT molecular complexity index is 523. The van der Waals surface area contributed by atoms with Crippen LogP contribution in [-0.2, 0) is 17.9 Å². The number of aromatic nitrogens is 4. The van der Waals surface area contributed by atoms with Gasteiger partial charge in [-0.15, -0.1) is 5.10 Å². The van der Waals surface area contributed by atoms with Crippen LogP contribution in [0.25, 0.3) is 5.69 Å². The second-order valence-electron chi connectivity index (χ2n) is 4.60. The molecule has 6 heteroatoms. The Labute approximate surface area is 112 Å². The molecule has 0 saturated carbocycles. The number of methoxy groups -OCH3 is 1. The molecule has 0 unspecified atom stereocenters. The zero-order chi connectivity index (χ0) is 13.7. The monoisotopic (exact) mass is 261 g/mol. The molecule has 1 heterocycles. The molecule has 0 spiro atoms. The Morgan fingerprint density at radius 2 is 2.11 bits per heavy atom. The Morgan fingerprint density at radius 1 is 1.32 bits per heavy atom. The van der Waals surface area contributed by atoms with Gasteiger partial charge in [-0.05, 0) is 16.5 Å². The van der Waals surface area contributed by atoms with Crippen LogP contribution in [0.2, 0.25) is 0 Å². The normalized spacial score (nSPS) is 11.2. The number of hydrogen-bond donors (Lipinski definition) is 1. The van der Waals surface area contributed by atoms with Gasteiger partial charge in [0.05, 0.1) is 18.8 Å². The topological polar surface area (TPSA) is 64.9 Å². The lowest BCUT2D eigenvalue weighted by atomic mass is 10.2. The van der Waals surface area contributed by atoms with Gasteiger partial charge in [0.2, 0.25) is 0 Å². The average molecular weight is 261 g/mol. The van der Waals surface area contributed by atoms with Crippen LogP contribution < -0.4 is 5.32 Å². The maximum atomic E-state index is 5.21. The first-order valence-electron chi connectivity index (χ1n) is 6.30. The molecule has 1 N–H and O–H groups in total. The lowest BCUT2D eigenvalue weighted by Crippen LogP contribution is -2.24. The Morgan fingerprint density at radius 3 is 2.84 bits per heavy atom. The molecule has 0 atom stereocenters. The molecule has 0 radical (unpaired) electrons. The summed E-state index contributed by atoms with van der Waals surface area (Å²) in [4.78, 5) is 0. The van der Waals surface area contributed by atoms with Crippen LogP contribution in [0.5, 0.6) is 0 Å². The van der Waals surface area contributed by atoms with Gasteiger partial charge in [0.15, 0.2) is 5.82 Å². The van der Waals surface area contributed by atoms with Gasteiger partial charge in [-0.3, -0.25) is 0 Å². The van der Waals surface area contributed by atoms with Gasteiger partial charge in [-0.25, -0.2) is 0 Å². The number of tetrazole rings is 1. The summed E-state index contributed by atoms with van der Waals surface area (Å²) in [7, 11) is 1.68. The molecule has 0 amide bonds. The first-order chi connectivity index (χ1) is 9.22. The van der Waals surface area contributed by atoms with E-state index in [-0.39, 0.29) is 0 Å². The summed E-state index contributed by atoms with van der Waals surface area (Å²) < 4.78 is 6.96.